The summed E-state index contributed by atoms with van der Waals surface area (Å²) in [6, 6.07) is 11.1. The Labute approximate surface area is 123 Å². The van der Waals surface area contributed by atoms with Crippen LogP contribution in [0.2, 0.25) is 0 Å². The number of nitrogens with one attached hydrogen (secondary N) is 1. The Balaban J connectivity index is 1.95. The maximum Gasteiger partial charge on any atom is 0.325 e. The van der Waals surface area contributed by atoms with E-state index in [1.807, 2.05) is 30.3 Å². The van der Waals surface area contributed by atoms with Crippen molar-refractivity contribution >= 4 is 11.9 Å². The van der Waals surface area contributed by atoms with Crippen LogP contribution < -0.4 is 5.32 Å². The van der Waals surface area contributed by atoms with Gasteiger partial charge in [-0.25, -0.2) is 4.79 Å². The van der Waals surface area contributed by atoms with Crippen LogP contribution in [0.3, 0.4) is 0 Å². The SMILES string of the molecule is CC1(c2ccccc2)C(=O)NC(=O)N1CC1(CC#N)CC1. The summed E-state index contributed by atoms with van der Waals surface area (Å²) in [5.74, 6) is -0.300. The zero-order valence-corrected chi connectivity index (χ0v) is 11.9. The van der Waals surface area contributed by atoms with Gasteiger partial charge in [-0.05, 0) is 25.3 Å². The Morgan fingerprint density at radius 3 is 2.52 bits per heavy atom. The number of urea groups is 1. The predicted octanol–water partition coefficient (Wildman–Crippen LogP) is 2.15. The molecule has 1 saturated carbocycles. The summed E-state index contributed by atoms with van der Waals surface area (Å²) in [6.45, 7) is 2.22. The molecule has 1 N–H and O–H groups in total. The first kappa shape index (κ1) is 13.6. The molecule has 1 aliphatic heterocycles. The van der Waals surface area contributed by atoms with Crippen molar-refractivity contribution in [2.24, 2.45) is 5.41 Å². The molecule has 1 aliphatic carbocycles. The topological polar surface area (TPSA) is 73.2 Å². The van der Waals surface area contributed by atoms with Crippen molar-refractivity contribution in [1.82, 2.24) is 10.2 Å². The van der Waals surface area contributed by atoms with Gasteiger partial charge in [-0.15, -0.1) is 0 Å². The Bertz CT molecular complexity index is 631. The molecule has 3 rings (SSSR count). The van der Waals surface area contributed by atoms with Gasteiger partial charge in [-0.3, -0.25) is 10.1 Å². The molecule has 0 bridgehead atoms. The largest absolute Gasteiger partial charge is 0.325 e. The molecule has 1 atom stereocenters. The fourth-order valence-corrected chi connectivity index (χ4v) is 2.96. The molecule has 0 spiro atoms. The lowest BCUT2D eigenvalue weighted by Gasteiger charge is -2.34. The highest BCUT2D eigenvalue weighted by Gasteiger charge is 2.55. The van der Waals surface area contributed by atoms with Crippen molar-refractivity contribution < 1.29 is 9.59 Å². The summed E-state index contributed by atoms with van der Waals surface area (Å²) in [5.41, 5.74) is -0.336. The third kappa shape index (κ3) is 2.07. The number of amides is 3. The minimum Gasteiger partial charge on any atom is -0.305 e. The quantitative estimate of drug-likeness (QED) is 0.860. The molecule has 5 heteroatoms. The van der Waals surface area contributed by atoms with Crippen molar-refractivity contribution in [3.05, 3.63) is 35.9 Å². The molecule has 21 heavy (non-hydrogen) atoms. The minimum absolute atomic E-state index is 0.132. The van der Waals surface area contributed by atoms with E-state index in [-0.39, 0.29) is 17.4 Å². The van der Waals surface area contributed by atoms with Gasteiger partial charge in [0.2, 0.25) is 0 Å². The van der Waals surface area contributed by atoms with Crippen LogP contribution in [-0.2, 0) is 10.3 Å². The highest BCUT2D eigenvalue weighted by Crippen LogP contribution is 2.51. The number of carbonyl (C=O) groups is 2. The van der Waals surface area contributed by atoms with Crippen LogP contribution in [0, 0.1) is 16.7 Å². The molecular weight excluding hydrogens is 266 g/mol. The molecule has 3 amide bonds. The Hall–Kier alpha value is -2.35. The number of rotatable bonds is 4. The monoisotopic (exact) mass is 283 g/mol. The third-order valence-electron chi connectivity index (χ3n) is 4.69. The van der Waals surface area contributed by atoms with E-state index in [1.54, 1.807) is 11.8 Å². The highest BCUT2D eigenvalue weighted by atomic mass is 16.2. The standard InChI is InChI=1S/C16H17N3O2/c1-15(12-5-3-2-4-6-12)13(20)18-14(21)19(15)11-16(7-8-16)9-10-17/h2-6H,7-9,11H2,1H3,(H,18,20,21). The second-order valence-electron chi connectivity index (χ2n) is 6.12. The number of nitrogens with zero attached hydrogens (tertiary/aromatic N) is 2. The lowest BCUT2D eigenvalue weighted by molar-refractivity contribution is -0.126. The maximum atomic E-state index is 12.3. The summed E-state index contributed by atoms with van der Waals surface area (Å²) in [5, 5.41) is 11.4. The van der Waals surface area contributed by atoms with Crippen LogP contribution in [-0.4, -0.2) is 23.4 Å². The van der Waals surface area contributed by atoms with E-state index in [2.05, 4.69) is 11.4 Å². The van der Waals surface area contributed by atoms with E-state index in [4.69, 9.17) is 5.26 Å². The Morgan fingerprint density at radius 2 is 1.95 bits per heavy atom. The summed E-state index contributed by atoms with van der Waals surface area (Å²) in [6.07, 6.45) is 2.29. The van der Waals surface area contributed by atoms with E-state index < -0.39 is 5.54 Å². The lowest BCUT2D eigenvalue weighted by atomic mass is 9.89. The summed E-state index contributed by atoms with van der Waals surface area (Å²) in [4.78, 5) is 26.1. The fourth-order valence-electron chi connectivity index (χ4n) is 2.96. The fraction of sp³-hybridized carbons (Fsp3) is 0.438. The zero-order valence-electron chi connectivity index (χ0n) is 11.9. The van der Waals surface area contributed by atoms with E-state index in [0.717, 1.165) is 18.4 Å². The van der Waals surface area contributed by atoms with Crippen molar-refractivity contribution in [2.45, 2.75) is 31.7 Å². The van der Waals surface area contributed by atoms with Crippen molar-refractivity contribution in [3.8, 4) is 6.07 Å². The van der Waals surface area contributed by atoms with Gasteiger partial charge in [-0.1, -0.05) is 30.3 Å². The van der Waals surface area contributed by atoms with Gasteiger partial charge < -0.3 is 4.90 Å². The number of nitriles is 1. The van der Waals surface area contributed by atoms with E-state index in [1.165, 1.54) is 0 Å². The number of hydrogen-bond donors (Lipinski definition) is 1. The Kier molecular flexibility index (Phi) is 2.98. The average molecular weight is 283 g/mol. The average Bonchev–Trinajstić information content (AvgIpc) is 3.20. The number of imide groups is 1. The molecule has 1 unspecified atom stereocenters. The third-order valence-corrected chi connectivity index (χ3v) is 4.69. The second kappa shape index (κ2) is 4.59. The molecule has 1 saturated heterocycles. The highest BCUT2D eigenvalue weighted by molar-refractivity contribution is 6.07. The molecule has 0 radical (unpaired) electrons. The van der Waals surface area contributed by atoms with Gasteiger partial charge in [0.25, 0.3) is 5.91 Å². The van der Waals surface area contributed by atoms with Crippen LogP contribution in [0.5, 0.6) is 0 Å². The summed E-state index contributed by atoms with van der Waals surface area (Å²) < 4.78 is 0. The first-order valence-electron chi connectivity index (χ1n) is 7.07. The zero-order chi connectivity index (χ0) is 15.1. The summed E-state index contributed by atoms with van der Waals surface area (Å²) in [7, 11) is 0. The van der Waals surface area contributed by atoms with E-state index in [0.29, 0.717) is 13.0 Å². The van der Waals surface area contributed by atoms with Gasteiger partial charge in [0, 0.05) is 18.4 Å². The number of benzene rings is 1. The van der Waals surface area contributed by atoms with Crippen molar-refractivity contribution in [1.29, 1.82) is 5.26 Å². The first-order chi connectivity index (χ1) is 10.0. The maximum absolute atomic E-state index is 12.3. The van der Waals surface area contributed by atoms with Gasteiger partial charge in [-0.2, -0.15) is 5.26 Å². The molecule has 2 fully saturated rings. The number of hydrogen-bond acceptors (Lipinski definition) is 3. The lowest BCUT2D eigenvalue weighted by Crippen LogP contribution is -2.46. The minimum atomic E-state index is -0.997. The smallest absolute Gasteiger partial charge is 0.305 e. The molecule has 0 aromatic heterocycles. The molecule has 5 nitrogen and oxygen atoms in total. The molecule has 2 aliphatic rings. The van der Waals surface area contributed by atoms with E-state index >= 15 is 0 Å². The molecular formula is C16H17N3O2. The number of carbonyl (C=O) groups excluding carboxylic acids is 2. The molecule has 1 aromatic rings. The van der Waals surface area contributed by atoms with Gasteiger partial charge in [0.05, 0.1) is 6.07 Å². The predicted molar refractivity (Wildman–Crippen MR) is 75.9 cm³/mol. The summed E-state index contributed by atoms with van der Waals surface area (Å²) >= 11 is 0. The molecule has 1 heterocycles. The second-order valence-corrected chi connectivity index (χ2v) is 6.12. The first-order valence-corrected chi connectivity index (χ1v) is 7.07. The van der Waals surface area contributed by atoms with E-state index in [9.17, 15) is 9.59 Å². The van der Waals surface area contributed by atoms with Crippen LogP contribution in [0.4, 0.5) is 4.79 Å². The molecule has 108 valence electrons. The van der Waals surface area contributed by atoms with Crippen LogP contribution >= 0.6 is 0 Å². The Morgan fingerprint density at radius 1 is 1.29 bits per heavy atom. The van der Waals surface area contributed by atoms with Crippen LogP contribution in [0.1, 0.15) is 31.7 Å². The van der Waals surface area contributed by atoms with Crippen molar-refractivity contribution in [2.75, 3.05) is 6.54 Å². The van der Waals surface area contributed by atoms with Crippen molar-refractivity contribution in [3.63, 3.8) is 0 Å². The van der Waals surface area contributed by atoms with Gasteiger partial charge in [0.1, 0.15) is 5.54 Å². The van der Waals surface area contributed by atoms with Crippen LogP contribution in [0.25, 0.3) is 0 Å². The van der Waals surface area contributed by atoms with Gasteiger partial charge >= 0.3 is 6.03 Å². The normalized spacial score (nSPS) is 26.4. The van der Waals surface area contributed by atoms with Crippen LogP contribution in [0.15, 0.2) is 30.3 Å². The van der Waals surface area contributed by atoms with Gasteiger partial charge in [0.15, 0.2) is 0 Å². The molecule has 1 aromatic carbocycles.